The molecule has 5 rings (SSSR count). The molecule has 1 saturated heterocycles. The molecule has 2 aliphatic rings. The maximum atomic E-state index is 13.2. The van der Waals surface area contributed by atoms with Gasteiger partial charge in [0.05, 0.1) is 40.3 Å². The van der Waals surface area contributed by atoms with E-state index >= 15 is 0 Å². The van der Waals surface area contributed by atoms with Crippen LogP contribution in [0.15, 0.2) is 48.8 Å². The summed E-state index contributed by atoms with van der Waals surface area (Å²) in [6.07, 6.45) is 8.98. The molecule has 9 heteroatoms. The number of nitrogens with zero attached hydrogens (tertiary/aromatic N) is 3. The Morgan fingerprint density at radius 3 is 2.86 bits per heavy atom. The van der Waals surface area contributed by atoms with Crippen molar-refractivity contribution in [3.8, 4) is 28.8 Å². The topological polar surface area (TPSA) is 90.6 Å². The lowest BCUT2D eigenvalue weighted by Gasteiger charge is -2.51. The van der Waals surface area contributed by atoms with E-state index in [2.05, 4.69) is 41.0 Å². The fraction of sp³-hybridized carbons (Fsp3) is 0.364. The third-order valence-electron chi connectivity index (χ3n) is 7.70. The lowest BCUT2D eigenvalue weighted by molar-refractivity contribution is -0.140. The summed E-state index contributed by atoms with van der Waals surface area (Å²) in [7, 11) is 5.49. The Kier molecular flexibility index (Phi) is 8.44. The van der Waals surface area contributed by atoms with Gasteiger partial charge >= 0.3 is 0 Å². The van der Waals surface area contributed by atoms with Crippen LogP contribution in [0.5, 0.6) is 5.75 Å². The van der Waals surface area contributed by atoms with Gasteiger partial charge in [-0.1, -0.05) is 49.4 Å². The van der Waals surface area contributed by atoms with Crippen LogP contribution in [-0.4, -0.2) is 71.8 Å². The largest absolute Gasteiger partial charge is 0.493 e. The van der Waals surface area contributed by atoms with E-state index in [9.17, 15) is 9.59 Å². The van der Waals surface area contributed by atoms with E-state index in [0.717, 1.165) is 29.8 Å². The van der Waals surface area contributed by atoms with Crippen LogP contribution >= 0.6 is 11.6 Å². The smallest absolute Gasteiger partial charge is 0.247 e. The van der Waals surface area contributed by atoms with Gasteiger partial charge < -0.3 is 24.8 Å². The summed E-state index contributed by atoms with van der Waals surface area (Å²) in [6.45, 7) is 5.57. The standard InChI is InChI=1S/C33H36ClN5O3/c1-33(2)20-39(28(41)13-8-18-38(3)4)27(33)15-14-21-19-35-17-16-22(21)30-31(29-24(36-30)10-7-12-26(29)40)37-25-11-6-9-23(34)32(25)42-5/h6,8-9,11,13,16-17,19,27,36-37H,7,10,12,18,20H2,1-5H3/b13-8+/t27-/m1/s1. The number of rotatable bonds is 7. The van der Waals surface area contributed by atoms with Gasteiger partial charge in [-0.25, -0.2) is 0 Å². The number of aryl methyl sites for hydroxylation is 1. The van der Waals surface area contributed by atoms with Crippen LogP contribution in [0.25, 0.3) is 11.3 Å². The summed E-state index contributed by atoms with van der Waals surface area (Å²) < 4.78 is 5.57. The molecule has 2 aromatic heterocycles. The average molecular weight is 586 g/mol. The number of ether oxygens (including phenoxy) is 1. The van der Waals surface area contributed by atoms with Crippen LogP contribution in [0.4, 0.5) is 11.4 Å². The Hall–Kier alpha value is -4.06. The fourth-order valence-electron chi connectivity index (χ4n) is 5.60. The molecule has 42 heavy (non-hydrogen) atoms. The van der Waals surface area contributed by atoms with Gasteiger partial charge in [-0.2, -0.15) is 0 Å². The summed E-state index contributed by atoms with van der Waals surface area (Å²) in [5, 5.41) is 3.92. The van der Waals surface area contributed by atoms with Gasteiger partial charge in [-0.3, -0.25) is 14.6 Å². The van der Waals surface area contributed by atoms with E-state index in [1.165, 1.54) is 0 Å². The van der Waals surface area contributed by atoms with Gasteiger partial charge in [0.15, 0.2) is 11.5 Å². The van der Waals surface area contributed by atoms with Crippen molar-refractivity contribution in [1.82, 2.24) is 19.8 Å². The number of anilines is 2. The molecule has 1 amide bonds. The number of aromatic amines is 1. The number of hydrogen-bond acceptors (Lipinski definition) is 6. The highest BCUT2D eigenvalue weighted by atomic mass is 35.5. The van der Waals surface area contributed by atoms with E-state index in [4.69, 9.17) is 16.3 Å². The fourth-order valence-corrected chi connectivity index (χ4v) is 5.85. The lowest BCUT2D eigenvalue weighted by atomic mass is 9.75. The molecule has 1 aliphatic heterocycles. The second kappa shape index (κ2) is 12.0. The van der Waals surface area contributed by atoms with E-state index in [0.29, 0.717) is 52.8 Å². The Labute approximate surface area is 252 Å². The predicted molar refractivity (Wildman–Crippen MR) is 166 cm³/mol. The number of para-hydroxylation sites is 1. The molecule has 8 nitrogen and oxygen atoms in total. The molecular weight excluding hydrogens is 550 g/mol. The number of amides is 1. The number of carbonyl (C=O) groups excluding carboxylic acids is 2. The number of likely N-dealkylation sites (tertiary alicyclic amines) is 1. The number of carbonyl (C=O) groups is 2. The van der Waals surface area contributed by atoms with Crippen molar-refractivity contribution in [2.75, 3.05) is 39.6 Å². The minimum absolute atomic E-state index is 0.0422. The van der Waals surface area contributed by atoms with Gasteiger partial charge in [0.1, 0.15) is 6.04 Å². The molecule has 1 aliphatic carbocycles. The number of Topliss-reactive ketones (excluding diaryl/α,β-unsaturated/α-hetero) is 1. The summed E-state index contributed by atoms with van der Waals surface area (Å²) in [6, 6.07) is 7.11. The van der Waals surface area contributed by atoms with Crippen molar-refractivity contribution in [3.05, 3.63) is 70.7 Å². The van der Waals surface area contributed by atoms with Crippen LogP contribution in [0, 0.1) is 17.3 Å². The number of halogens is 1. The molecule has 218 valence electrons. The van der Waals surface area contributed by atoms with Crippen LogP contribution in [0.1, 0.15) is 48.3 Å². The number of nitrogens with one attached hydrogen (secondary N) is 2. The van der Waals surface area contributed by atoms with Gasteiger partial charge in [0.2, 0.25) is 5.91 Å². The zero-order valence-corrected chi connectivity index (χ0v) is 25.4. The van der Waals surface area contributed by atoms with Gasteiger partial charge in [0, 0.05) is 54.7 Å². The first kappa shape index (κ1) is 29.4. The first-order chi connectivity index (χ1) is 20.1. The zero-order valence-electron chi connectivity index (χ0n) is 24.7. The number of benzene rings is 1. The van der Waals surface area contributed by atoms with Crippen LogP contribution < -0.4 is 10.1 Å². The Morgan fingerprint density at radius 1 is 1.31 bits per heavy atom. The van der Waals surface area contributed by atoms with Crippen LogP contribution in [0.3, 0.4) is 0 Å². The molecule has 0 spiro atoms. The van der Waals surface area contributed by atoms with Gasteiger partial charge in [-0.05, 0) is 45.1 Å². The first-order valence-corrected chi connectivity index (χ1v) is 14.4. The molecule has 1 atom stereocenters. The summed E-state index contributed by atoms with van der Waals surface area (Å²) in [4.78, 5) is 37.8. The Morgan fingerprint density at radius 2 is 2.12 bits per heavy atom. The molecule has 0 saturated carbocycles. The molecule has 2 N–H and O–H groups in total. The first-order valence-electron chi connectivity index (χ1n) is 14.1. The van der Waals surface area contributed by atoms with E-state index in [-0.39, 0.29) is 23.1 Å². The third-order valence-corrected chi connectivity index (χ3v) is 7.99. The second-order valence-corrected chi connectivity index (χ2v) is 12.1. The summed E-state index contributed by atoms with van der Waals surface area (Å²) in [5.41, 5.74) is 4.96. The van der Waals surface area contributed by atoms with E-state index < -0.39 is 0 Å². The van der Waals surface area contributed by atoms with Crippen molar-refractivity contribution >= 4 is 34.7 Å². The highest BCUT2D eigenvalue weighted by molar-refractivity contribution is 6.32. The quantitative estimate of drug-likeness (QED) is 0.273. The summed E-state index contributed by atoms with van der Waals surface area (Å²) >= 11 is 6.41. The monoisotopic (exact) mass is 585 g/mol. The normalized spacial score (nSPS) is 17.5. The van der Waals surface area contributed by atoms with E-state index in [1.54, 1.807) is 36.5 Å². The Bertz CT molecular complexity index is 1610. The number of likely N-dealkylation sites (N-methyl/N-ethyl adjacent to an activating group) is 1. The lowest BCUT2D eigenvalue weighted by Crippen LogP contribution is -2.62. The van der Waals surface area contributed by atoms with Crippen molar-refractivity contribution in [2.24, 2.45) is 5.41 Å². The number of hydrogen-bond donors (Lipinski definition) is 2. The summed E-state index contributed by atoms with van der Waals surface area (Å²) in [5.74, 6) is 7.22. The van der Waals surface area contributed by atoms with E-state index in [1.807, 2.05) is 43.3 Å². The molecular formula is C33H36ClN5O3. The molecule has 1 aromatic carbocycles. The van der Waals surface area contributed by atoms with Crippen molar-refractivity contribution < 1.29 is 14.3 Å². The number of H-pyrrole nitrogens is 1. The molecule has 0 unspecified atom stereocenters. The zero-order chi connectivity index (χ0) is 30.0. The SMILES string of the molecule is COc1c(Cl)cccc1Nc1c(-c2ccncc2C#C[C@H]2N(C(=O)/C=C/CN(C)C)CC2(C)C)[nH]c2c1C(=O)CCC2. The van der Waals surface area contributed by atoms with Crippen LogP contribution in [-0.2, 0) is 11.2 Å². The molecule has 1 fully saturated rings. The van der Waals surface area contributed by atoms with Gasteiger partial charge in [0.25, 0.3) is 0 Å². The number of ketones is 1. The highest BCUT2D eigenvalue weighted by Gasteiger charge is 2.46. The van der Waals surface area contributed by atoms with Crippen molar-refractivity contribution in [1.29, 1.82) is 0 Å². The number of pyridine rings is 1. The number of aromatic nitrogens is 2. The van der Waals surface area contributed by atoms with Crippen LogP contribution in [0.2, 0.25) is 5.02 Å². The minimum Gasteiger partial charge on any atom is -0.493 e. The molecule has 3 aromatic rings. The van der Waals surface area contributed by atoms with Crippen molar-refractivity contribution in [2.45, 2.75) is 39.2 Å². The number of methoxy groups -OCH3 is 1. The Balaban J connectivity index is 1.54. The molecule has 0 radical (unpaired) electrons. The second-order valence-electron chi connectivity index (χ2n) is 11.7. The highest BCUT2D eigenvalue weighted by Crippen LogP contribution is 2.43. The number of fused-ring (bicyclic) bond motifs is 1. The maximum Gasteiger partial charge on any atom is 0.247 e. The van der Waals surface area contributed by atoms with Gasteiger partial charge in [-0.15, -0.1) is 0 Å². The third kappa shape index (κ3) is 5.80. The molecule has 3 heterocycles. The average Bonchev–Trinajstić information content (AvgIpc) is 3.31. The molecule has 0 bridgehead atoms. The minimum atomic E-state index is -0.242. The maximum absolute atomic E-state index is 13.2. The predicted octanol–water partition coefficient (Wildman–Crippen LogP) is 5.71. The van der Waals surface area contributed by atoms with Crippen molar-refractivity contribution in [3.63, 3.8) is 0 Å².